The SMILES string of the molecule is CC1CCCN(C(=O)c2cc(F)ccc2-n2nccn2)C1CNc1ncc(C(F)(F)F)cn1. The number of rotatable bonds is 5. The molecule has 1 saturated heterocycles. The summed E-state index contributed by atoms with van der Waals surface area (Å²) < 4.78 is 52.2. The summed E-state index contributed by atoms with van der Waals surface area (Å²) in [6, 6.07) is 3.53. The van der Waals surface area contributed by atoms with Crippen LogP contribution in [0.4, 0.5) is 23.5 Å². The number of aromatic nitrogens is 5. The first-order valence-corrected chi connectivity index (χ1v) is 10.3. The van der Waals surface area contributed by atoms with Gasteiger partial charge in [-0.25, -0.2) is 14.4 Å². The second-order valence-electron chi connectivity index (χ2n) is 7.84. The van der Waals surface area contributed by atoms with E-state index in [-0.39, 0.29) is 35.9 Å². The number of hydrogen-bond acceptors (Lipinski definition) is 6. The highest BCUT2D eigenvalue weighted by Gasteiger charge is 2.34. The topological polar surface area (TPSA) is 88.8 Å². The number of piperidine rings is 1. The van der Waals surface area contributed by atoms with Gasteiger partial charge in [-0.3, -0.25) is 4.79 Å². The average Bonchev–Trinajstić information content (AvgIpc) is 3.32. The molecule has 0 spiro atoms. The number of halogens is 4. The molecule has 1 aromatic carbocycles. The van der Waals surface area contributed by atoms with Gasteiger partial charge in [-0.05, 0) is 37.0 Å². The Labute approximate surface area is 186 Å². The third-order valence-corrected chi connectivity index (χ3v) is 5.65. The van der Waals surface area contributed by atoms with E-state index in [2.05, 4.69) is 25.5 Å². The first kappa shape index (κ1) is 22.6. The number of hydrogen-bond donors (Lipinski definition) is 1. The lowest BCUT2D eigenvalue weighted by atomic mass is 9.90. The predicted octanol–water partition coefficient (Wildman–Crippen LogP) is 3.57. The Bertz CT molecular complexity index is 1100. The summed E-state index contributed by atoms with van der Waals surface area (Å²) in [5, 5.41) is 11.0. The Hall–Kier alpha value is -3.57. The molecule has 4 rings (SSSR count). The van der Waals surface area contributed by atoms with Crippen LogP contribution in [-0.2, 0) is 6.18 Å². The van der Waals surface area contributed by atoms with Crippen LogP contribution >= 0.6 is 0 Å². The van der Waals surface area contributed by atoms with Gasteiger partial charge in [0, 0.05) is 25.5 Å². The summed E-state index contributed by atoms with van der Waals surface area (Å²) in [6.07, 6.45) is 1.43. The Morgan fingerprint density at radius 1 is 1.18 bits per heavy atom. The number of nitrogens with one attached hydrogen (secondary N) is 1. The Balaban J connectivity index is 1.55. The van der Waals surface area contributed by atoms with Crippen LogP contribution in [0.1, 0.15) is 35.7 Å². The van der Waals surface area contributed by atoms with Crippen molar-refractivity contribution in [1.29, 1.82) is 0 Å². The summed E-state index contributed by atoms with van der Waals surface area (Å²) in [6.45, 7) is 2.66. The molecule has 2 aromatic heterocycles. The zero-order chi connectivity index (χ0) is 23.6. The van der Waals surface area contributed by atoms with Crippen molar-refractivity contribution in [2.45, 2.75) is 32.0 Å². The molecule has 0 aliphatic carbocycles. The number of anilines is 1. The minimum Gasteiger partial charge on any atom is -0.352 e. The van der Waals surface area contributed by atoms with Gasteiger partial charge in [0.1, 0.15) is 5.82 Å². The second kappa shape index (κ2) is 9.12. The lowest BCUT2D eigenvalue weighted by Gasteiger charge is -2.40. The highest BCUT2D eigenvalue weighted by Crippen LogP contribution is 2.29. The summed E-state index contributed by atoms with van der Waals surface area (Å²) in [7, 11) is 0. The zero-order valence-corrected chi connectivity index (χ0v) is 17.6. The third-order valence-electron chi connectivity index (χ3n) is 5.65. The monoisotopic (exact) mass is 463 g/mol. The van der Waals surface area contributed by atoms with E-state index in [0.29, 0.717) is 24.6 Å². The first-order chi connectivity index (χ1) is 15.7. The van der Waals surface area contributed by atoms with Crippen LogP contribution < -0.4 is 5.32 Å². The molecule has 0 saturated carbocycles. The van der Waals surface area contributed by atoms with Gasteiger partial charge >= 0.3 is 6.18 Å². The predicted molar refractivity (Wildman–Crippen MR) is 110 cm³/mol. The molecule has 174 valence electrons. The van der Waals surface area contributed by atoms with Crippen molar-refractivity contribution in [1.82, 2.24) is 29.9 Å². The third kappa shape index (κ3) is 4.94. The standard InChI is InChI=1S/C21H21F4N7O/c1-13-3-2-8-31(18(13)12-28-20-26-10-14(11-27-20)21(23,24)25)19(33)16-9-15(22)4-5-17(16)32-29-6-7-30-32/h4-7,9-11,13,18H,2-3,8,12H2,1H3,(H,26,27,28). The zero-order valence-electron chi connectivity index (χ0n) is 17.6. The van der Waals surface area contributed by atoms with Gasteiger partial charge < -0.3 is 10.2 Å². The van der Waals surface area contributed by atoms with Crippen molar-refractivity contribution >= 4 is 11.9 Å². The molecule has 1 fully saturated rings. The molecule has 2 unspecified atom stereocenters. The maximum atomic E-state index is 14.0. The first-order valence-electron chi connectivity index (χ1n) is 10.3. The number of benzene rings is 1. The quantitative estimate of drug-likeness (QED) is 0.582. The number of likely N-dealkylation sites (tertiary alicyclic amines) is 1. The van der Waals surface area contributed by atoms with Gasteiger partial charge in [-0.1, -0.05) is 6.92 Å². The molecule has 1 aliphatic heterocycles. The molecule has 3 heterocycles. The minimum absolute atomic E-state index is 0.0281. The van der Waals surface area contributed by atoms with E-state index in [1.54, 1.807) is 4.90 Å². The molecule has 0 bridgehead atoms. The van der Waals surface area contributed by atoms with Gasteiger partial charge in [-0.2, -0.15) is 28.2 Å². The smallest absolute Gasteiger partial charge is 0.352 e. The summed E-state index contributed by atoms with van der Waals surface area (Å²) in [5.41, 5.74) is -0.472. The summed E-state index contributed by atoms with van der Waals surface area (Å²) in [5.74, 6) is -0.828. The van der Waals surface area contributed by atoms with Crippen LogP contribution in [0.25, 0.3) is 5.69 Å². The molecule has 8 nitrogen and oxygen atoms in total. The van der Waals surface area contributed by atoms with Crippen LogP contribution in [0.5, 0.6) is 0 Å². The van der Waals surface area contributed by atoms with E-state index in [0.717, 1.165) is 18.9 Å². The van der Waals surface area contributed by atoms with E-state index >= 15 is 0 Å². The minimum atomic E-state index is -4.52. The molecule has 2 atom stereocenters. The Morgan fingerprint density at radius 3 is 2.55 bits per heavy atom. The maximum absolute atomic E-state index is 14.0. The van der Waals surface area contributed by atoms with Crippen molar-refractivity contribution in [2.24, 2.45) is 5.92 Å². The van der Waals surface area contributed by atoms with E-state index in [4.69, 9.17) is 0 Å². The maximum Gasteiger partial charge on any atom is 0.419 e. The summed E-state index contributed by atoms with van der Waals surface area (Å²) >= 11 is 0. The fraction of sp³-hybridized carbons (Fsp3) is 0.381. The largest absolute Gasteiger partial charge is 0.419 e. The van der Waals surface area contributed by atoms with Crippen LogP contribution in [-0.4, -0.2) is 54.9 Å². The normalized spacial score (nSPS) is 18.9. The number of carbonyl (C=O) groups is 1. The van der Waals surface area contributed by atoms with Gasteiger partial charge in [0.2, 0.25) is 5.95 Å². The van der Waals surface area contributed by atoms with Gasteiger partial charge in [-0.15, -0.1) is 0 Å². The molecule has 1 N–H and O–H groups in total. The van der Waals surface area contributed by atoms with E-state index in [1.807, 2.05) is 6.92 Å². The van der Waals surface area contributed by atoms with E-state index in [9.17, 15) is 22.4 Å². The molecule has 0 radical (unpaired) electrons. The molecular formula is C21H21F4N7O. The molecule has 3 aromatic rings. The number of amides is 1. The molecule has 12 heteroatoms. The van der Waals surface area contributed by atoms with Crippen molar-refractivity contribution in [3.8, 4) is 5.69 Å². The second-order valence-corrected chi connectivity index (χ2v) is 7.84. The van der Waals surface area contributed by atoms with Gasteiger partial charge in [0.25, 0.3) is 5.91 Å². The molecule has 1 amide bonds. The highest BCUT2D eigenvalue weighted by atomic mass is 19.4. The van der Waals surface area contributed by atoms with E-state index < -0.39 is 17.6 Å². The Morgan fingerprint density at radius 2 is 1.88 bits per heavy atom. The van der Waals surface area contributed by atoms with Crippen molar-refractivity contribution < 1.29 is 22.4 Å². The summed E-state index contributed by atoms with van der Waals surface area (Å²) in [4.78, 5) is 23.8. The fourth-order valence-electron chi connectivity index (χ4n) is 3.92. The molecule has 1 aliphatic rings. The van der Waals surface area contributed by atoms with Crippen LogP contribution in [0, 0.1) is 11.7 Å². The van der Waals surface area contributed by atoms with Crippen molar-refractivity contribution in [2.75, 3.05) is 18.4 Å². The molecular weight excluding hydrogens is 442 g/mol. The van der Waals surface area contributed by atoms with Crippen molar-refractivity contribution in [3.05, 3.63) is 59.9 Å². The van der Waals surface area contributed by atoms with Gasteiger partial charge in [0.15, 0.2) is 0 Å². The van der Waals surface area contributed by atoms with E-state index in [1.165, 1.54) is 29.3 Å². The van der Waals surface area contributed by atoms with Crippen LogP contribution in [0.3, 0.4) is 0 Å². The lowest BCUT2D eigenvalue weighted by Crippen LogP contribution is -2.51. The number of carbonyl (C=O) groups excluding carboxylic acids is 1. The van der Waals surface area contributed by atoms with Crippen LogP contribution in [0.15, 0.2) is 43.0 Å². The lowest BCUT2D eigenvalue weighted by molar-refractivity contribution is -0.138. The number of nitrogens with zero attached hydrogens (tertiary/aromatic N) is 6. The van der Waals surface area contributed by atoms with Crippen molar-refractivity contribution in [3.63, 3.8) is 0 Å². The van der Waals surface area contributed by atoms with Gasteiger partial charge in [0.05, 0.1) is 35.2 Å². The fourth-order valence-corrected chi connectivity index (χ4v) is 3.92. The molecule has 33 heavy (non-hydrogen) atoms. The highest BCUT2D eigenvalue weighted by molar-refractivity contribution is 5.98. The number of alkyl halides is 3. The van der Waals surface area contributed by atoms with Crippen LogP contribution in [0.2, 0.25) is 0 Å². The average molecular weight is 463 g/mol. The Kier molecular flexibility index (Phi) is 6.25.